The standard InChI is InChI=1S/C23H21N5O.2C2HF3O2/c24-22(25)20-3-1-2-19(14-20)16-8-12-28(13-9-16)23(29)18-6-4-17(5-7-18)21-15-26-10-11-27-21;2*3-2(4,5)1(6)7/h1-8,10-11,14-15H,9,12-13H2,(H3,24,25);2*(H,6,7). The second-order valence-electron chi connectivity index (χ2n) is 8.50. The Morgan fingerprint density at radius 3 is 1.88 bits per heavy atom. The van der Waals surface area contributed by atoms with E-state index in [4.69, 9.17) is 30.9 Å². The Balaban J connectivity index is 0.000000384. The molecule has 0 radical (unpaired) electrons. The molecule has 3 aromatic rings. The van der Waals surface area contributed by atoms with Crippen molar-refractivity contribution >= 4 is 29.3 Å². The topological polar surface area (TPSA) is 171 Å². The van der Waals surface area contributed by atoms with Crippen LogP contribution in [0.3, 0.4) is 0 Å². The van der Waals surface area contributed by atoms with E-state index in [0.717, 1.165) is 23.2 Å². The number of carboxylic acid groups (broad SMARTS) is 2. The number of aliphatic carboxylic acids is 2. The summed E-state index contributed by atoms with van der Waals surface area (Å²) in [5.74, 6) is -5.44. The van der Waals surface area contributed by atoms with E-state index in [2.05, 4.69) is 16.0 Å². The van der Waals surface area contributed by atoms with Gasteiger partial charge in [-0.15, -0.1) is 0 Å². The smallest absolute Gasteiger partial charge is 0.475 e. The van der Waals surface area contributed by atoms with Crippen LogP contribution in [-0.2, 0) is 9.59 Å². The van der Waals surface area contributed by atoms with Gasteiger partial charge in [-0.05, 0) is 35.8 Å². The minimum Gasteiger partial charge on any atom is -0.475 e. The molecular formula is C27H23F6N5O5. The number of alkyl halides is 6. The van der Waals surface area contributed by atoms with Gasteiger partial charge in [0.1, 0.15) is 5.84 Å². The van der Waals surface area contributed by atoms with E-state index in [9.17, 15) is 31.1 Å². The number of amides is 1. The van der Waals surface area contributed by atoms with Gasteiger partial charge in [0, 0.05) is 42.2 Å². The van der Waals surface area contributed by atoms with Crippen LogP contribution in [0.15, 0.2) is 73.2 Å². The summed E-state index contributed by atoms with van der Waals surface area (Å²) in [7, 11) is 0. The molecule has 4 rings (SSSR count). The number of nitrogens with one attached hydrogen (secondary N) is 1. The van der Waals surface area contributed by atoms with Crippen molar-refractivity contribution in [1.82, 2.24) is 14.9 Å². The zero-order chi connectivity index (χ0) is 32.4. The zero-order valence-electron chi connectivity index (χ0n) is 21.9. The van der Waals surface area contributed by atoms with E-state index in [-0.39, 0.29) is 11.7 Å². The highest BCUT2D eigenvalue weighted by Gasteiger charge is 2.38. The third-order valence-corrected chi connectivity index (χ3v) is 5.52. The molecule has 1 aliphatic heterocycles. The van der Waals surface area contributed by atoms with Crippen molar-refractivity contribution in [1.29, 1.82) is 5.41 Å². The van der Waals surface area contributed by atoms with Gasteiger partial charge in [0.05, 0.1) is 11.9 Å². The maximum atomic E-state index is 12.9. The Kier molecular flexibility index (Phi) is 11.5. The molecule has 0 unspecified atom stereocenters. The van der Waals surface area contributed by atoms with Crippen molar-refractivity contribution < 1.29 is 50.9 Å². The van der Waals surface area contributed by atoms with Gasteiger partial charge >= 0.3 is 24.3 Å². The van der Waals surface area contributed by atoms with Crippen molar-refractivity contribution in [3.05, 3.63) is 89.9 Å². The number of rotatable bonds is 4. The molecular weight excluding hydrogens is 588 g/mol. The van der Waals surface area contributed by atoms with Crippen LogP contribution in [0.5, 0.6) is 0 Å². The number of carbonyl (C=O) groups excluding carboxylic acids is 1. The molecule has 0 aliphatic carbocycles. The van der Waals surface area contributed by atoms with Crippen LogP contribution < -0.4 is 5.73 Å². The number of nitrogen functional groups attached to an aromatic ring is 1. The zero-order valence-corrected chi connectivity index (χ0v) is 21.9. The molecule has 0 saturated carbocycles. The molecule has 2 heterocycles. The number of aromatic nitrogens is 2. The van der Waals surface area contributed by atoms with Crippen LogP contribution in [-0.4, -0.2) is 74.2 Å². The number of halogens is 6. The van der Waals surface area contributed by atoms with E-state index in [0.29, 0.717) is 24.2 Å². The molecule has 0 spiro atoms. The van der Waals surface area contributed by atoms with E-state index in [1.807, 2.05) is 53.4 Å². The van der Waals surface area contributed by atoms with E-state index in [1.54, 1.807) is 18.6 Å². The molecule has 228 valence electrons. The first-order valence-electron chi connectivity index (χ1n) is 11.9. The lowest BCUT2D eigenvalue weighted by Gasteiger charge is -2.27. The minimum absolute atomic E-state index is 0.0171. The third kappa shape index (κ3) is 10.6. The lowest BCUT2D eigenvalue weighted by Crippen LogP contribution is -2.34. The van der Waals surface area contributed by atoms with Gasteiger partial charge < -0.3 is 20.8 Å². The van der Waals surface area contributed by atoms with Gasteiger partial charge in [-0.25, -0.2) is 9.59 Å². The highest BCUT2D eigenvalue weighted by molar-refractivity contribution is 5.96. The van der Waals surface area contributed by atoms with Crippen LogP contribution in [0, 0.1) is 5.41 Å². The van der Waals surface area contributed by atoms with E-state index in [1.165, 1.54) is 5.57 Å². The summed E-state index contributed by atoms with van der Waals surface area (Å²) in [6.45, 7) is 1.21. The van der Waals surface area contributed by atoms with Crippen molar-refractivity contribution in [3.63, 3.8) is 0 Å². The molecule has 1 amide bonds. The highest BCUT2D eigenvalue weighted by atomic mass is 19.4. The van der Waals surface area contributed by atoms with Gasteiger partial charge in [-0.1, -0.05) is 36.4 Å². The number of amidine groups is 1. The van der Waals surface area contributed by atoms with Gasteiger partial charge in [0.15, 0.2) is 0 Å². The second-order valence-corrected chi connectivity index (χ2v) is 8.50. The Bertz CT molecular complexity index is 1450. The summed E-state index contributed by atoms with van der Waals surface area (Å²) >= 11 is 0. The fourth-order valence-corrected chi connectivity index (χ4v) is 3.42. The van der Waals surface area contributed by atoms with Crippen molar-refractivity contribution in [2.45, 2.75) is 18.8 Å². The van der Waals surface area contributed by atoms with Crippen molar-refractivity contribution in [3.8, 4) is 11.3 Å². The third-order valence-electron chi connectivity index (χ3n) is 5.52. The number of hydrogen-bond donors (Lipinski definition) is 4. The molecule has 0 saturated heterocycles. The van der Waals surface area contributed by atoms with Gasteiger partial charge in [0.25, 0.3) is 5.91 Å². The molecule has 1 aromatic heterocycles. The Morgan fingerprint density at radius 1 is 0.860 bits per heavy atom. The van der Waals surface area contributed by atoms with Gasteiger partial charge in [-0.3, -0.25) is 20.2 Å². The number of carbonyl (C=O) groups is 3. The predicted octanol–water partition coefficient (Wildman–Crippen LogP) is 4.62. The average molecular weight is 611 g/mol. The van der Waals surface area contributed by atoms with Gasteiger partial charge in [0.2, 0.25) is 0 Å². The summed E-state index contributed by atoms with van der Waals surface area (Å²) < 4.78 is 63.5. The highest BCUT2D eigenvalue weighted by Crippen LogP contribution is 2.25. The lowest BCUT2D eigenvalue weighted by molar-refractivity contribution is -0.193. The molecule has 2 aromatic carbocycles. The first-order chi connectivity index (χ1) is 20.0. The predicted molar refractivity (Wildman–Crippen MR) is 141 cm³/mol. The lowest BCUT2D eigenvalue weighted by atomic mass is 9.97. The SMILES string of the molecule is N=C(N)c1cccc(C2=CCN(C(=O)c3ccc(-c4cnccn4)cc3)CC2)c1.O=C(O)C(F)(F)F.O=C(O)C(F)(F)F. The fraction of sp³-hybridized carbons (Fsp3) is 0.185. The van der Waals surface area contributed by atoms with Crippen LogP contribution in [0.25, 0.3) is 16.8 Å². The van der Waals surface area contributed by atoms with Crippen LogP contribution in [0.1, 0.15) is 27.9 Å². The number of nitrogens with zero attached hydrogens (tertiary/aromatic N) is 3. The first kappa shape index (κ1) is 33.9. The van der Waals surface area contributed by atoms with Crippen LogP contribution in [0.4, 0.5) is 26.3 Å². The first-order valence-corrected chi connectivity index (χ1v) is 11.9. The number of hydrogen-bond acceptors (Lipinski definition) is 6. The van der Waals surface area contributed by atoms with Crippen LogP contribution in [0.2, 0.25) is 0 Å². The molecule has 1 aliphatic rings. The number of benzene rings is 2. The minimum atomic E-state index is -5.08. The fourth-order valence-electron chi connectivity index (χ4n) is 3.42. The molecule has 16 heteroatoms. The maximum absolute atomic E-state index is 12.9. The molecule has 43 heavy (non-hydrogen) atoms. The quantitative estimate of drug-likeness (QED) is 0.188. The van der Waals surface area contributed by atoms with Crippen molar-refractivity contribution in [2.24, 2.45) is 5.73 Å². The molecule has 0 fully saturated rings. The maximum Gasteiger partial charge on any atom is 0.490 e. The number of carboxylic acids is 2. The average Bonchev–Trinajstić information content (AvgIpc) is 2.97. The second kappa shape index (κ2) is 14.6. The largest absolute Gasteiger partial charge is 0.490 e. The Hall–Kier alpha value is -5.28. The molecule has 10 nitrogen and oxygen atoms in total. The van der Waals surface area contributed by atoms with Crippen molar-refractivity contribution in [2.75, 3.05) is 13.1 Å². The Morgan fingerprint density at radius 2 is 1.44 bits per heavy atom. The summed E-state index contributed by atoms with van der Waals surface area (Å²) in [4.78, 5) is 40.8. The summed E-state index contributed by atoms with van der Waals surface area (Å²) in [6, 6.07) is 15.1. The Labute approximate surface area is 239 Å². The van der Waals surface area contributed by atoms with E-state index >= 15 is 0 Å². The monoisotopic (exact) mass is 611 g/mol. The van der Waals surface area contributed by atoms with E-state index < -0.39 is 24.3 Å². The number of nitrogens with two attached hydrogens (primary N) is 1. The summed E-state index contributed by atoms with van der Waals surface area (Å²) in [5, 5.41) is 21.8. The summed E-state index contributed by atoms with van der Waals surface area (Å²) in [5.41, 5.74) is 10.9. The molecule has 5 N–H and O–H groups in total. The normalized spacial score (nSPS) is 12.9. The molecule has 0 atom stereocenters. The van der Waals surface area contributed by atoms with Crippen LogP contribution >= 0.6 is 0 Å². The van der Waals surface area contributed by atoms with Gasteiger partial charge in [-0.2, -0.15) is 26.3 Å². The summed E-state index contributed by atoms with van der Waals surface area (Å²) in [6.07, 6.45) is -2.33. The molecule has 0 bridgehead atoms.